The molecule has 4 fully saturated rings. The summed E-state index contributed by atoms with van der Waals surface area (Å²) in [4.78, 5) is 55.4. The van der Waals surface area contributed by atoms with E-state index in [1.54, 1.807) is 9.58 Å². The molecule has 5 heterocycles. The molecule has 0 spiro atoms. The fourth-order valence-corrected chi connectivity index (χ4v) is 8.29. The van der Waals surface area contributed by atoms with Crippen LogP contribution < -0.4 is 11.1 Å². The van der Waals surface area contributed by atoms with Gasteiger partial charge < -0.3 is 26.0 Å². The summed E-state index contributed by atoms with van der Waals surface area (Å²) < 4.78 is 1.56. The predicted octanol–water partition coefficient (Wildman–Crippen LogP) is -0.0580. The molecular weight excluding hydrogens is 536 g/mol. The van der Waals surface area contributed by atoms with E-state index in [4.69, 9.17) is 5.73 Å². The molecule has 0 aromatic carbocycles. The fourth-order valence-electron chi connectivity index (χ4n) is 6.81. The molecule has 7 atom stereocenters. The zero-order valence-corrected chi connectivity index (χ0v) is 23.5. The van der Waals surface area contributed by atoms with Gasteiger partial charge in [-0.05, 0) is 42.0 Å². The Kier molecular flexibility index (Phi) is 7.20. The van der Waals surface area contributed by atoms with Crippen molar-refractivity contribution in [3.63, 3.8) is 0 Å². The molecule has 1 aromatic rings. The van der Waals surface area contributed by atoms with E-state index in [0.717, 1.165) is 25.1 Å². The summed E-state index contributed by atoms with van der Waals surface area (Å²) in [6.45, 7) is 5.74. The Morgan fingerprint density at radius 1 is 1.25 bits per heavy atom. The third-order valence-electron chi connectivity index (χ3n) is 9.00. The van der Waals surface area contributed by atoms with Gasteiger partial charge in [0.1, 0.15) is 12.2 Å². The second-order valence-electron chi connectivity index (χ2n) is 12.0. The van der Waals surface area contributed by atoms with Gasteiger partial charge in [-0.1, -0.05) is 13.8 Å². The fraction of sp³-hybridized carbons (Fsp3) is 0.731. The normalized spacial score (nSPS) is 32.4. The summed E-state index contributed by atoms with van der Waals surface area (Å²) in [7, 11) is 0. The number of aliphatic carboxylic acids is 1. The molecular formula is C26H36N8O5S. The van der Waals surface area contributed by atoms with Gasteiger partial charge in [-0.15, -0.1) is 16.9 Å². The van der Waals surface area contributed by atoms with Crippen molar-refractivity contribution in [2.45, 2.75) is 81.8 Å². The first kappa shape index (κ1) is 27.3. The summed E-state index contributed by atoms with van der Waals surface area (Å²) >= 11 is 1.47. The van der Waals surface area contributed by atoms with Crippen molar-refractivity contribution in [1.82, 2.24) is 35.3 Å². The molecule has 6 rings (SSSR count). The van der Waals surface area contributed by atoms with Crippen LogP contribution in [-0.2, 0) is 25.7 Å². The van der Waals surface area contributed by atoms with Crippen molar-refractivity contribution in [2.75, 3.05) is 19.6 Å². The highest BCUT2D eigenvalue weighted by Crippen LogP contribution is 2.53. The number of likely N-dealkylation sites (tertiary alicyclic amines) is 1. The first-order valence-electron chi connectivity index (χ1n) is 14.2. The van der Waals surface area contributed by atoms with E-state index in [1.807, 2.05) is 13.8 Å². The highest BCUT2D eigenvalue weighted by atomic mass is 32.2. The number of thioether (sulfide) groups is 1. The van der Waals surface area contributed by atoms with Gasteiger partial charge in [0.05, 0.1) is 18.0 Å². The molecule has 1 aliphatic carbocycles. The smallest absolute Gasteiger partial charge is 0.353 e. The number of carboxylic acid groups (broad SMARTS) is 1. The Hall–Kier alpha value is -2.84. The number of hydrogen-bond donors (Lipinski definition) is 3. The van der Waals surface area contributed by atoms with E-state index >= 15 is 0 Å². The van der Waals surface area contributed by atoms with E-state index in [0.29, 0.717) is 36.9 Å². The molecule has 13 nitrogen and oxygen atoms in total. The van der Waals surface area contributed by atoms with Gasteiger partial charge in [-0.2, -0.15) is 0 Å². The molecule has 40 heavy (non-hydrogen) atoms. The lowest BCUT2D eigenvalue weighted by Gasteiger charge is -2.47. The lowest BCUT2D eigenvalue weighted by atomic mass is 9.73. The molecule has 0 radical (unpaired) electrons. The Morgan fingerprint density at radius 2 is 2.02 bits per heavy atom. The van der Waals surface area contributed by atoms with Crippen molar-refractivity contribution in [3.05, 3.63) is 16.4 Å². The van der Waals surface area contributed by atoms with E-state index in [1.165, 1.54) is 16.7 Å². The van der Waals surface area contributed by atoms with Crippen molar-refractivity contribution >= 4 is 35.3 Å². The number of Topliss-reactive ketones (excluding diaryl/α,β-unsaturated/α-hetero) is 1. The maximum Gasteiger partial charge on any atom is 0.353 e. The lowest BCUT2D eigenvalue weighted by Crippen LogP contribution is -2.62. The summed E-state index contributed by atoms with van der Waals surface area (Å²) in [5.41, 5.74) is 6.01. The molecule has 4 N–H and O–H groups in total. The number of carbonyl (C=O) groups excluding carboxylic acids is 3. The summed E-state index contributed by atoms with van der Waals surface area (Å²) in [6.07, 6.45) is 3.64. The van der Waals surface area contributed by atoms with Gasteiger partial charge >= 0.3 is 5.97 Å². The van der Waals surface area contributed by atoms with Crippen LogP contribution in [-0.4, -0.2) is 102 Å². The topological polar surface area (TPSA) is 177 Å². The summed E-state index contributed by atoms with van der Waals surface area (Å²) in [5, 5.41) is 25.1. The van der Waals surface area contributed by atoms with Crippen LogP contribution in [0.2, 0.25) is 0 Å². The van der Waals surface area contributed by atoms with Gasteiger partial charge in [0.15, 0.2) is 11.6 Å². The number of rotatable bonds is 10. The number of fused-ring (bicyclic) bond motifs is 1. The minimum absolute atomic E-state index is 0.0141. The number of carbonyl (C=O) groups is 4. The van der Waals surface area contributed by atoms with Crippen LogP contribution in [0.25, 0.3) is 0 Å². The standard InChI is InChI=1S/C26H36N8O5S/c1-12(7-16(35)11-33-23(14-3-4-14)29-30-31-33)19-20-13(2)22(21(26(38)39)34(20)25(19)37)40-17-8-18(28-9-17)24(36)32-6-5-15(27)10-32/h12-15,17-20,28H,3-11,27H2,1-2H3,(H,38,39)/t12-,13+,15+,17-,18-,19+,20+/m0/s1. The van der Waals surface area contributed by atoms with Gasteiger partial charge in [0, 0.05) is 54.1 Å². The van der Waals surface area contributed by atoms with Gasteiger partial charge in [-0.25, -0.2) is 9.48 Å². The van der Waals surface area contributed by atoms with Crippen LogP contribution in [0.3, 0.4) is 0 Å². The number of nitrogens with zero attached hydrogens (tertiary/aromatic N) is 6. The largest absolute Gasteiger partial charge is 0.477 e. The molecule has 2 amide bonds. The first-order valence-corrected chi connectivity index (χ1v) is 15.0. The highest BCUT2D eigenvalue weighted by Gasteiger charge is 2.60. The number of ketones is 1. The van der Waals surface area contributed by atoms with E-state index in [-0.39, 0.29) is 71.5 Å². The van der Waals surface area contributed by atoms with Crippen LogP contribution >= 0.6 is 11.8 Å². The minimum atomic E-state index is -1.12. The molecule has 1 aromatic heterocycles. The molecule has 0 bridgehead atoms. The van der Waals surface area contributed by atoms with Crippen molar-refractivity contribution in [3.8, 4) is 0 Å². The number of amides is 2. The number of aromatic nitrogens is 4. The molecule has 1 saturated carbocycles. The number of tetrazole rings is 1. The van der Waals surface area contributed by atoms with Crippen LogP contribution in [0.4, 0.5) is 0 Å². The monoisotopic (exact) mass is 572 g/mol. The van der Waals surface area contributed by atoms with E-state index in [2.05, 4.69) is 20.8 Å². The molecule has 216 valence electrons. The lowest BCUT2D eigenvalue weighted by molar-refractivity contribution is -0.160. The third kappa shape index (κ3) is 4.83. The first-order chi connectivity index (χ1) is 19.1. The van der Waals surface area contributed by atoms with Crippen molar-refractivity contribution in [2.24, 2.45) is 23.5 Å². The number of carboxylic acids is 1. The van der Waals surface area contributed by atoms with Gasteiger partial charge in [-0.3, -0.25) is 14.4 Å². The quantitative estimate of drug-likeness (QED) is 0.320. The second kappa shape index (κ2) is 10.5. The molecule has 5 aliphatic rings. The van der Waals surface area contributed by atoms with Crippen LogP contribution in [0.15, 0.2) is 10.6 Å². The van der Waals surface area contributed by atoms with E-state index < -0.39 is 11.9 Å². The maximum absolute atomic E-state index is 13.3. The van der Waals surface area contributed by atoms with E-state index in [9.17, 15) is 24.3 Å². The zero-order valence-electron chi connectivity index (χ0n) is 22.7. The molecule has 14 heteroatoms. The number of hydrogen-bond acceptors (Lipinski definition) is 10. The van der Waals surface area contributed by atoms with Crippen LogP contribution in [0.1, 0.15) is 57.7 Å². The maximum atomic E-state index is 13.3. The minimum Gasteiger partial charge on any atom is -0.477 e. The average Bonchev–Trinajstić information content (AvgIpc) is 3.22. The number of nitrogens with two attached hydrogens (primary N) is 1. The Bertz CT molecular complexity index is 1260. The van der Waals surface area contributed by atoms with Crippen molar-refractivity contribution in [1.29, 1.82) is 0 Å². The summed E-state index contributed by atoms with van der Waals surface area (Å²) in [6, 6.07) is -0.589. The second-order valence-corrected chi connectivity index (χ2v) is 13.3. The third-order valence-corrected chi connectivity index (χ3v) is 10.5. The predicted molar refractivity (Wildman–Crippen MR) is 143 cm³/mol. The molecule has 3 saturated heterocycles. The Labute approximate surface area is 236 Å². The molecule has 0 unspecified atom stereocenters. The van der Waals surface area contributed by atoms with Gasteiger partial charge in [0.2, 0.25) is 11.8 Å². The zero-order chi connectivity index (χ0) is 28.3. The Balaban J connectivity index is 1.09. The van der Waals surface area contributed by atoms with Crippen molar-refractivity contribution < 1.29 is 24.3 Å². The van der Waals surface area contributed by atoms with Crippen LogP contribution in [0.5, 0.6) is 0 Å². The number of β-lactam (4-membered cyclic amide) rings is 1. The SMILES string of the molecule is C[C@@H](CC(=O)Cn1nnnc1C1CC1)[C@H]1C(=O)N2C(C(=O)O)=C(S[C@@H]3CN[C@H](C(=O)N4CC[C@@H](N)C4)C3)[C@H](C)[C@H]12. The number of nitrogens with one attached hydrogen (secondary N) is 1. The molecule has 4 aliphatic heterocycles. The highest BCUT2D eigenvalue weighted by molar-refractivity contribution is 8.03. The van der Waals surface area contributed by atoms with Gasteiger partial charge in [0.25, 0.3) is 0 Å². The average molecular weight is 573 g/mol. The Morgan fingerprint density at radius 3 is 2.70 bits per heavy atom. The summed E-state index contributed by atoms with van der Waals surface area (Å²) in [5.74, 6) is -1.16. The van der Waals surface area contributed by atoms with Crippen LogP contribution in [0, 0.1) is 17.8 Å².